The Labute approximate surface area is 141 Å². The van der Waals surface area contributed by atoms with E-state index in [4.69, 9.17) is 0 Å². The molecule has 1 atom stereocenters. The molecule has 1 unspecified atom stereocenters. The van der Waals surface area contributed by atoms with Gasteiger partial charge in [0.15, 0.2) is 0 Å². The summed E-state index contributed by atoms with van der Waals surface area (Å²) in [5.41, 5.74) is -1.64. The molecule has 0 radical (unpaired) electrons. The van der Waals surface area contributed by atoms with Gasteiger partial charge < -0.3 is 14.8 Å². The average molecular weight is 356 g/mol. The molecule has 2 aromatic rings. The molecule has 1 aromatic heterocycles. The summed E-state index contributed by atoms with van der Waals surface area (Å²) in [7, 11) is 1.75. The van der Waals surface area contributed by atoms with Crippen molar-refractivity contribution in [1.82, 2.24) is 19.8 Å². The number of aryl methyl sites for hydroxylation is 1. The first-order valence-electron chi connectivity index (χ1n) is 7.64. The van der Waals surface area contributed by atoms with Gasteiger partial charge in [-0.05, 0) is 18.2 Å². The maximum atomic E-state index is 14.1. The predicted molar refractivity (Wildman–Crippen MR) is 81.3 cm³/mol. The van der Waals surface area contributed by atoms with Gasteiger partial charge in [-0.2, -0.15) is 13.2 Å². The van der Waals surface area contributed by atoms with Crippen LogP contribution in [0, 0.1) is 5.82 Å². The molecule has 0 bridgehead atoms. The van der Waals surface area contributed by atoms with Crippen LogP contribution in [0.5, 0.6) is 0 Å². The summed E-state index contributed by atoms with van der Waals surface area (Å²) in [6.45, 7) is 1.09. The van der Waals surface area contributed by atoms with E-state index in [0.717, 1.165) is 0 Å². The molecule has 9 heteroatoms. The van der Waals surface area contributed by atoms with Gasteiger partial charge in [0.05, 0.1) is 11.1 Å². The second-order valence-corrected chi connectivity index (χ2v) is 5.81. The molecular weight excluding hydrogens is 340 g/mol. The smallest absolute Gasteiger partial charge is 0.336 e. The zero-order valence-electron chi connectivity index (χ0n) is 13.3. The minimum Gasteiger partial charge on any atom is -0.336 e. The predicted octanol–water partition coefficient (Wildman–Crippen LogP) is 2.36. The van der Waals surface area contributed by atoms with Crippen LogP contribution in [0.25, 0.3) is 0 Å². The topological polar surface area (TPSA) is 50.2 Å². The number of rotatable bonds is 2. The van der Waals surface area contributed by atoms with E-state index < -0.39 is 35.1 Å². The van der Waals surface area contributed by atoms with E-state index in [1.165, 1.54) is 4.90 Å². The van der Waals surface area contributed by atoms with Crippen LogP contribution in [0.1, 0.15) is 27.8 Å². The largest absolute Gasteiger partial charge is 0.416 e. The minimum absolute atomic E-state index is 0.242. The Morgan fingerprint density at radius 2 is 2.12 bits per heavy atom. The summed E-state index contributed by atoms with van der Waals surface area (Å²) >= 11 is 0. The van der Waals surface area contributed by atoms with E-state index in [1.807, 2.05) is 0 Å². The fourth-order valence-corrected chi connectivity index (χ4v) is 2.90. The molecule has 0 spiro atoms. The number of benzene rings is 1. The number of amides is 1. The van der Waals surface area contributed by atoms with Gasteiger partial charge in [-0.25, -0.2) is 9.37 Å². The number of alkyl halides is 3. The Bertz CT molecular complexity index is 787. The Balaban J connectivity index is 1.97. The first-order valence-corrected chi connectivity index (χ1v) is 7.64. The lowest BCUT2D eigenvalue weighted by Gasteiger charge is -2.36. The van der Waals surface area contributed by atoms with Crippen LogP contribution in [0.15, 0.2) is 30.6 Å². The van der Waals surface area contributed by atoms with Crippen molar-refractivity contribution in [3.8, 4) is 0 Å². The number of piperazine rings is 1. The second-order valence-electron chi connectivity index (χ2n) is 5.81. The molecule has 1 amide bonds. The molecule has 1 N–H and O–H groups in total. The normalized spacial score (nSPS) is 18.4. The van der Waals surface area contributed by atoms with Crippen molar-refractivity contribution < 1.29 is 22.4 Å². The fraction of sp³-hybridized carbons (Fsp3) is 0.375. The Morgan fingerprint density at radius 3 is 2.76 bits per heavy atom. The Hall–Kier alpha value is -2.42. The zero-order chi connectivity index (χ0) is 18.2. The van der Waals surface area contributed by atoms with Gasteiger partial charge >= 0.3 is 6.18 Å². The molecule has 1 aliphatic rings. The van der Waals surface area contributed by atoms with Gasteiger partial charge in [-0.1, -0.05) is 0 Å². The van der Waals surface area contributed by atoms with Crippen LogP contribution < -0.4 is 5.32 Å². The maximum absolute atomic E-state index is 14.1. The van der Waals surface area contributed by atoms with E-state index in [2.05, 4.69) is 10.3 Å². The standard InChI is InChI=1S/C16H16F4N4O/c1-23-6-5-22-14(23)13-9-21-4-7-24(13)15(25)11-8-10(16(18,19)20)2-3-12(11)17/h2-3,5-6,8,13,21H,4,7,9H2,1H3. The molecule has 0 aliphatic carbocycles. The average Bonchev–Trinajstić information content (AvgIpc) is 2.99. The van der Waals surface area contributed by atoms with Crippen LogP contribution in [-0.4, -0.2) is 40.0 Å². The summed E-state index contributed by atoms with van der Waals surface area (Å²) in [6.07, 6.45) is -1.37. The maximum Gasteiger partial charge on any atom is 0.416 e. The number of hydrogen-bond acceptors (Lipinski definition) is 3. The van der Waals surface area contributed by atoms with Gasteiger partial charge in [0.1, 0.15) is 17.7 Å². The summed E-state index contributed by atoms with van der Waals surface area (Å²) < 4.78 is 54.4. The lowest BCUT2D eigenvalue weighted by atomic mass is 10.1. The molecule has 5 nitrogen and oxygen atoms in total. The number of carbonyl (C=O) groups is 1. The zero-order valence-corrected chi connectivity index (χ0v) is 13.3. The first kappa shape index (κ1) is 17.4. The van der Waals surface area contributed by atoms with Gasteiger partial charge in [0.25, 0.3) is 5.91 Å². The quantitative estimate of drug-likeness (QED) is 0.841. The van der Waals surface area contributed by atoms with Crippen molar-refractivity contribution in [3.05, 3.63) is 53.4 Å². The number of nitrogens with zero attached hydrogens (tertiary/aromatic N) is 3. The number of halogens is 4. The summed E-state index contributed by atoms with van der Waals surface area (Å²) in [5, 5.41) is 3.12. The summed E-state index contributed by atoms with van der Waals surface area (Å²) in [5.74, 6) is -1.18. The van der Waals surface area contributed by atoms with Crippen LogP contribution >= 0.6 is 0 Å². The summed E-state index contributed by atoms with van der Waals surface area (Å²) in [4.78, 5) is 18.3. The minimum atomic E-state index is -4.65. The third-order valence-corrected chi connectivity index (χ3v) is 4.18. The molecule has 0 saturated carbocycles. The lowest BCUT2D eigenvalue weighted by molar-refractivity contribution is -0.137. The van der Waals surface area contributed by atoms with E-state index in [1.54, 1.807) is 24.0 Å². The summed E-state index contributed by atoms with van der Waals surface area (Å²) in [6, 6.07) is 1.37. The monoisotopic (exact) mass is 356 g/mol. The van der Waals surface area contributed by atoms with Crippen molar-refractivity contribution in [2.45, 2.75) is 12.2 Å². The first-order chi connectivity index (χ1) is 11.8. The number of imidazole rings is 1. The molecule has 1 fully saturated rings. The van der Waals surface area contributed by atoms with E-state index in [-0.39, 0.29) is 6.54 Å². The van der Waals surface area contributed by atoms with Crippen LogP contribution in [0.3, 0.4) is 0 Å². The van der Waals surface area contributed by atoms with Crippen LogP contribution in [-0.2, 0) is 13.2 Å². The van der Waals surface area contributed by atoms with Crippen LogP contribution in [0.2, 0.25) is 0 Å². The third kappa shape index (κ3) is 3.37. The number of hydrogen-bond donors (Lipinski definition) is 1. The Kier molecular flexibility index (Phi) is 4.51. The van der Waals surface area contributed by atoms with E-state index >= 15 is 0 Å². The van der Waals surface area contributed by atoms with Crippen molar-refractivity contribution in [2.75, 3.05) is 19.6 Å². The molecule has 1 aliphatic heterocycles. The van der Waals surface area contributed by atoms with Gasteiger partial charge in [-0.3, -0.25) is 4.79 Å². The van der Waals surface area contributed by atoms with Crippen molar-refractivity contribution in [3.63, 3.8) is 0 Å². The fourth-order valence-electron chi connectivity index (χ4n) is 2.90. The molecule has 1 aromatic carbocycles. The molecule has 2 heterocycles. The van der Waals surface area contributed by atoms with Crippen LogP contribution in [0.4, 0.5) is 17.6 Å². The molecule has 1 saturated heterocycles. The van der Waals surface area contributed by atoms with Crippen molar-refractivity contribution in [2.24, 2.45) is 7.05 Å². The van der Waals surface area contributed by atoms with Gasteiger partial charge in [0, 0.05) is 39.1 Å². The Morgan fingerprint density at radius 1 is 1.36 bits per heavy atom. The highest BCUT2D eigenvalue weighted by Gasteiger charge is 2.35. The second kappa shape index (κ2) is 6.47. The highest BCUT2D eigenvalue weighted by atomic mass is 19.4. The molecular formula is C16H16F4N4O. The van der Waals surface area contributed by atoms with E-state index in [0.29, 0.717) is 37.1 Å². The molecule has 134 valence electrons. The lowest BCUT2D eigenvalue weighted by Crippen LogP contribution is -2.49. The van der Waals surface area contributed by atoms with E-state index in [9.17, 15) is 22.4 Å². The van der Waals surface area contributed by atoms with Crippen molar-refractivity contribution >= 4 is 5.91 Å². The highest BCUT2D eigenvalue weighted by Crippen LogP contribution is 2.31. The number of aromatic nitrogens is 2. The SMILES string of the molecule is Cn1ccnc1C1CNCCN1C(=O)c1cc(C(F)(F)F)ccc1F. The van der Waals surface area contributed by atoms with Gasteiger partial charge in [-0.15, -0.1) is 0 Å². The highest BCUT2D eigenvalue weighted by molar-refractivity contribution is 5.95. The third-order valence-electron chi connectivity index (χ3n) is 4.18. The molecule has 25 heavy (non-hydrogen) atoms. The number of nitrogens with one attached hydrogen (secondary N) is 1. The molecule has 3 rings (SSSR count). The van der Waals surface area contributed by atoms with Gasteiger partial charge in [0.2, 0.25) is 0 Å². The van der Waals surface area contributed by atoms with Crippen molar-refractivity contribution in [1.29, 1.82) is 0 Å². The number of carbonyl (C=O) groups excluding carboxylic acids is 1.